The van der Waals surface area contributed by atoms with Crippen molar-refractivity contribution in [3.63, 3.8) is 0 Å². The highest BCUT2D eigenvalue weighted by atomic mass is 32.2. The van der Waals surface area contributed by atoms with E-state index in [0.717, 1.165) is 18.9 Å². The fraction of sp³-hybridized carbons (Fsp3) is 0.647. The number of hydrogen-bond donors (Lipinski definition) is 0. The minimum Gasteiger partial charge on any atom is -0.353 e. The summed E-state index contributed by atoms with van der Waals surface area (Å²) in [4.78, 5) is 22.9. The fourth-order valence-electron chi connectivity index (χ4n) is 3.46. The SMILES string of the molecule is CN(CCC(=O)N1CCN(c2ccccn2)CC1)C1CCS(=O)(=O)C1. The van der Waals surface area contributed by atoms with Crippen LogP contribution in [0.4, 0.5) is 5.82 Å². The quantitative estimate of drug-likeness (QED) is 0.743. The number of amides is 1. The van der Waals surface area contributed by atoms with E-state index in [4.69, 9.17) is 0 Å². The Hall–Kier alpha value is -1.67. The van der Waals surface area contributed by atoms with E-state index in [0.29, 0.717) is 32.5 Å². The lowest BCUT2D eigenvalue weighted by molar-refractivity contribution is -0.131. The summed E-state index contributed by atoms with van der Waals surface area (Å²) in [6.07, 6.45) is 2.90. The molecule has 0 saturated carbocycles. The number of nitrogens with zero attached hydrogens (tertiary/aromatic N) is 4. The van der Waals surface area contributed by atoms with Crippen LogP contribution in [0.1, 0.15) is 12.8 Å². The molecule has 25 heavy (non-hydrogen) atoms. The summed E-state index contributed by atoms with van der Waals surface area (Å²) in [5.74, 6) is 1.59. The van der Waals surface area contributed by atoms with E-state index in [1.54, 1.807) is 6.20 Å². The van der Waals surface area contributed by atoms with E-state index in [2.05, 4.69) is 9.88 Å². The summed E-state index contributed by atoms with van der Waals surface area (Å²) in [5.41, 5.74) is 0. The number of piperazine rings is 1. The van der Waals surface area contributed by atoms with E-state index in [9.17, 15) is 13.2 Å². The van der Waals surface area contributed by atoms with Crippen molar-refractivity contribution in [2.45, 2.75) is 18.9 Å². The smallest absolute Gasteiger partial charge is 0.223 e. The second-order valence-corrected chi connectivity index (χ2v) is 9.07. The van der Waals surface area contributed by atoms with Crippen LogP contribution in [0, 0.1) is 0 Å². The highest BCUT2D eigenvalue weighted by Crippen LogP contribution is 2.17. The third-order valence-corrected chi connectivity index (χ3v) is 6.87. The monoisotopic (exact) mass is 366 g/mol. The van der Waals surface area contributed by atoms with Gasteiger partial charge >= 0.3 is 0 Å². The van der Waals surface area contributed by atoms with Gasteiger partial charge in [0, 0.05) is 51.4 Å². The van der Waals surface area contributed by atoms with Gasteiger partial charge in [-0.2, -0.15) is 0 Å². The Morgan fingerprint density at radius 1 is 1.28 bits per heavy atom. The first-order valence-corrected chi connectivity index (χ1v) is 10.6. The molecule has 0 radical (unpaired) electrons. The molecule has 2 saturated heterocycles. The molecule has 1 aromatic rings. The average molecular weight is 366 g/mol. The van der Waals surface area contributed by atoms with Crippen LogP contribution in [-0.4, -0.2) is 86.4 Å². The maximum absolute atomic E-state index is 12.4. The van der Waals surface area contributed by atoms with Crippen molar-refractivity contribution in [3.8, 4) is 0 Å². The fourth-order valence-corrected chi connectivity index (χ4v) is 5.27. The Kier molecular flexibility index (Phi) is 5.58. The molecule has 1 atom stereocenters. The zero-order chi connectivity index (χ0) is 17.9. The minimum absolute atomic E-state index is 0.0544. The van der Waals surface area contributed by atoms with Crippen LogP contribution >= 0.6 is 0 Å². The first-order valence-electron chi connectivity index (χ1n) is 8.79. The lowest BCUT2D eigenvalue weighted by Crippen LogP contribution is -2.49. The van der Waals surface area contributed by atoms with Crippen LogP contribution in [0.25, 0.3) is 0 Å². The maximum Gasteiger partial charge on any atom is 0.223 e. The predicted octanol–water partition coefficient (Wildman–Crippen LogP) is 0.239. The Morgan fingerprint density at radius 2 is 2.04 bits per heavy atom. The second kappa shape index (κ2) is 7.70. The zero-order valence-electron chi connectivity index (χ0n) is 14.7. The van der Waals surface area contributed by atoms with Gasteiger partial charge in [-0.15, -0.1) is 0 Å². The summed E-state index contributed by atoms with van der Waals surface area (Å²) < 4.78 is 23.1. The zero-order valence-corrected chi connectivity index (χ0v) is 15.5. The van der Waals surface area contributed by atoms with Crippen LogP contribution in [0.15, 0.2) is 24.4 Å². The van der Waals surface area contributed by atoms with Crippen molar-refractivity contribution in [1.82, 2.24) is 14.8 Å². The van der Waals surface area contributed by atoms with Crippen LogP contribution in [0.5, 0.6) is 0 Å². The van der Waals surface area contributed by atoms with Gasteiger partial charge in [-0.1, -0.05) is 6.07 Å². The molecule has 3 heterocycles. The van der Waals surface area contributed by atoms with Gasteiger partial charge < -0.3 is 14.7 Å². The average Bonchev–Trinajstić information content (AvgIpc) is 3.00. The predicted molar refractivity (Wildman–Crippen MR) is 97.3 cm³/mol. The van der Waals surface area contributed by atoms with Gasteiger partial charge in [0.1, 0.15) is 5.82 Å². The number of aromatic nitrogens is 1. The molecule has 8 heteroatoms. The molecule has 0 N–H and O–H groups in total. The Bertz CT molecular complexity index is 687. The van der Waals surface area contributed by atoms with E-state index in [-0.39, 0.29) is 23.5 Å². The Balaban J connectivity index is 1.42. The molecular formula is C17H26N4O3S. The van der Waals surface area contributed by atoms with Gasteiger partial charge in [-0.25, -0.2) is 13.4 Å². The van der Waals surface area contributed by atoms with Gasteiger partial charge in [0.05, 0.1) is 11.5 Å². The third-order valence-electron chi connectivity index (χ3n) is 5.12. The molecule has 0 spiro atoms. The van der Waals surface area contributed by atoms with Crippen molar-refractivity contribution in [2.24, 2.45) is 0 Å². The van der Waals surface area contributed by atoms with Crippen molar-refractivity contribution < 1.29 is 13.2 Å². The topological polar surface area (TPSA) is 73.8 Å². The summed E-state index contributed by atoms with van der Waals surface area (Å²) in [6, 6.07) is 5.91. The summed E-state index contributed by atoms with van der Waals surface area (Å²) >= 11 is 0. The molecule has 0 bridgehead atoms. The van der Waals surface area contributed by atoms with Crippen molar-refractivity contribution >= 4 is 21.6 Å². The Morgan fingerprint density at radius 3 is 2.64 bits per heavy atom. The lowest BCUT2D eigenvalue weighted by atomic mass is 10.2. The lowest BCUT2D eigenvalue weighted by Gasteiger charge is -2.35. The van der Waals surface area contributed by atoms with Crippen LogP contribution in [-0.2, 0) is 14.6 Å². The number of pyridine rings is 1. The molecule has 0 aromatic carbocycles. The molecular weight excluding hydrogens is 340 g/mol. The molecule has 7 nitrogen and oxygen atoms in total. The van der Waals surface area contributed by atoms with E-state index >= 15 is 0 Å². The first kappa shape index (κ1) is 18.1. The first-order chi connectivity index (χ1) is 11.9. The molecule has 2 aliphatic rings. The van der Waals surface area contributed by atoms with Crippen LogP contribution < -0.4 is 4.90 Å². The molecule has 2 fully saturated rings. The highest BCUT2D eigenvalue weighted by Gasteiger charge is 2.31. The van der Waals surface area contributed by atoms with E-state index < -0.39 is 9.84 Å². The molecule has 2 aliphatic heterocycles. The van der Waals surface area contributed by atoms with Gasteiger partial charge in [-0.3, -0.25) is 4.79 Å². The van der Waals surface area contributed by atoms with Crippen molar-refractivity contribution in [3.05, 3.63) is 24.4 Å². The highest BCUT2D eigenvalue weighted by molar-refractivity contribution is 7.91. The third kappa shape index (κ3) is 4.70. The molecule has 1 aromatic heterocycles. The molecule has 1 unspecified atom stereocenters. The summed E-state index contributed by atoms with van der Waals surface area (Å²) in [5, 5.41) is 0. The normalized spacial score (nSPS) is 23.2. The molecule has 0 aliphatic carbocycles. The van der Waals surface area contributed by atoms with E-state index in [1.807, 2.05) is 35.0 Å². The Labute approximate surface area is 149 Å². The van der Waals surface area contributed by atoms with Gasteiger partial charge in [0.2, 0.25) is 5.91 Å². The number of carbonyl (C=O) groups is 1. The van der Waals surface area contributed by atoms with Gasteiger partial charge in [0.25, 0.3) is 0 Å². The van der Waals surface area contributed by atoms with Gasteiger partial charge in [-0.05, 0) is 25.6 Å². The second-order valence-electron chi connectivity index (χ2n) is 6.84. The number of rotatable bonds is 5. The minimum atomic E-state index is -2.88. The molecule has 138 valence electrons. The van der Waals surface area contributed by atoms with Gasteiger partial charge in [0.15, 0.2) is 9.84 Å². The van der Waals surface area contributed by atoms with Crippen LogP contribution in [0.2, 0.25) is 0 Å². The molecule has 1 amide bonds. The van der Waals surface area contributed by atoms with E-state index in [1.165, 1.54) is 0 Å². The standard InChI is InChI=1S/C17H26N4O3S/c1-19(15-6-13-25(23,24)14-15)8-5-17(22)21-11-9-20(10-12-21)16-4-2-3-7-18-16/h2-4,7,15H,5-6,8-14H2,1H3. The molecule has 3 rings (SSSR count). The maximum atomic E-state index is 12.4. The number of anilines is 1. The number of hydrogen-bond acceptors (Lipinski definition) is 6. The number of sulfone groups is 1. The van der Waals surface area contributed by atoms with Crippen molar-refractivity contribution in [1.29, 1.82) is 0 Å². The summed E-state index contributed by atoms with van der Waals surface area (Å²) in [7, 11) is -0.966. The summed E-state index contributed by atoms with van der Waals surface area (Å²) in [6.45, 7) is 3.60. The van der Waals surface area contributed by atoms with Crippen LogP contribution in [0.3, 0.4) is 0 Å². The number of carbonyl (C=O) groups excluding carboxylic acids is 1. The van der Waals surface area contributed by atoms with Crippen molar-refractivity contribution in [2.75, 3.05) is 56.2 Å². The largest absolute Gasteiger partial charge is 0.353 e.